The largest absolute Gasteiger partial charge is 0.380 e. The molecule has 2 aromatic carbocycles. The maximum absolute atomic E-state index is 13.9. The zero-order valence-electron chi connectivity index (χ0n) is 10.3. The van der Waals surface area contributed by atoms with Crippen LogP contribution in [0.5, 0.6) is 0 Å². The van der Waals surface area contributed by atoms with Gasteiger partial charge in [-0.25, -0.2) is 4.39 Å². The van der Waals surface area contributed by atoms with E-state index < -0.39 is 5.82 Å². The highest BCUT2D eigenvalue weighted by Gasteiger charge is 2.08. The van der Waals surface area contributed by atoms with Crippen molar-refractivity contribution in [2.75, 3.05) is 5.32 Å². The lowest BCUT2D eigenvalue weighted by Gasteiger charge is -2.09. The van der Waals surface area contributed by atoms with Crippen LogP contribution in [0.2, 0.25) is 5.02 Å². The third-order valence-electron chi connectivity index (χ3n) is 2.77. The molecule has 0 amide bonds. The maximum Gasteiger partial charge on any atom is 0.145 e. The number of halogens is 2. The van der Waals surface area contributed by atoms with Crippen LogP contribution in [0.1, 0.15) is 16.7 Å². The van der Waals surface area contributed by atoms with E-state index >= 15 is 0 Å². The third kappa shape index (κ3) is 2.88. The van der Waals surface area contributed by atoms with Gasteiger partial charge >= 0.3 is 0 Å². The van der Waals surface area contributed by atoms with Crippen LogP contribution in [0, 0.1) is 28.5 Å². The molecular formula is C15H9ClFN3. The first kappa shape index (κ1) is 13.9. The van der Waals surface area contributed by atoms with Gasteiger partial charge in [0.15, 0.2) is 0 Å². The second-order valence-electron chi connectivity index (χ2n) is 4.05. The molecule has 0 fully saturated rings. The van der Waals surface area contributed by atoms with Crippen LogP contribution in [0.25, 0.3) is 0 Å². The van der Waals surface area contributed by atoms with E-state index in [1.807, 2.05) is 6.07 Å². The Balaban J connectivity index is 2.18. The monoisotopic (exact) mass is 285 g/mol. The number of rotatable bonds is 3. The predicted octanol–water partition coefficient (Wildman–Crippen LogP) is 3.83. The topological polar surface area (TPSA) is 59.6 Å². The summed E-state index contributed by atoms with van der Waals surface area (Å²) in [5, 5.41) is 20.9. The Morgan fingerprint density at radius 2 is 1.95 bits per heavy atom. The Kier molecular flexibility index (Phi) is 4.20. The molecule has 0 spiro atoms. The fourth-order valence-electron chi connectivity index (χ4n) is 1.72. The van der Waals surface area contributed by atoms with Crippen LogP contribution < -0.4 is 5.32 Å². The minimum atomic E-state index is -0.535. The minimum absolute atomic E-state index is 0.00947. The number of benzene rings is 2. The maximum atomic E-state index is 13.9. The highest BCUT2D eigenvalue weighted by Crippen LogP contribution is 2.24. The van der Waals surface area contributed by atoms with E-state index in [-0.39, 0.29) is 12.1 Å². The lowest BCUT2D eigenvalue weighted by molar-refractivity contribution is 0.609. The Bertz CT molecular complexity index is 729. The average molecular weight is 286 g/mol. The van der Waals surface area contributed by atoms with Gasteiger partial charge in [-0.3, -0.25) is 0 Å². The van der Waals surface area contributed by atoms with Gasteiger partial charge in [0, 0.05) is 12.1 Å². The molecule has 0 aliphatic heterocycles. The normalized spacial score (nSPS) is 9.60. The summed E-state index contributed by atoms with van der Waals surface area (Å²) in [4.78, 5) is 0. The first-order valence-corrected chi connectivity index (χ1v) is 6.14. The summed E-state index contributed by atoms with van der Waals surface area (Å²) in [6.07, 6.45) is 0. The van der Waals surface area contributed by atoms with Crippen LogP contribution >= 0.6 is 11.6 Å². The van der Waals surface area contributed by atoms with Crippen molar-refractivity contribution in [3.05, 3.63) is 63.9 Å². The molecular weight excluding hydrogens is 277 g/mol. The Labute approximate surface area is 120 Å². The van der Waals surface area contributed by atoms with E-state index in [4.69, 9.17) is 22.1 Å². The van der Waals surface area contributed by atoms with Crippen molar-refractivity contribution in [1.82, 2.24) is 0 Å². The lowest BCUT2D eigenvalue weighted by Crippen LogP contribution is -2.03. The number of nitriles is 2. The molecule has 98 valence electrons. The number of anilines is 1. The molecule has 0 bridgehead atoms. The molecule has 0 atom stereocenters. The van der Waals surface area contributed by atoms with Gasteiger partial charge in [-0.15, -0.1) is 0 Å². The highest BCUT2D eigenvalue weighted by molar-refractivity contribution is 6.33. The van der Waals surface area contributed by atoms with Gasteiger partial charge < -0.3 is 5.32 Å². The Morgan fingerprint density at radius 3 is 2.60 bits per heavy atom. The molecule has 0 unspecified atom stereocenters. The number of nitrogens with zero attached hydrogens (tertiary/aromatic N) is 2. The van der Waals surface area contributed by atoms with E-state index in [0.717, 1.165) is 0 Å². The summed E-state index contributed by atoms with van der Waals surface area (Å²) in [6, 6.07) is 13.2. The molecule has 2 rings (SSSR count). The van der Waals surface area contributed by atoms with Crippen molar-refractivity contribution < 1.29 is 4.39 Å². The Hall–Kier alpha value is -2.56. The molecule has 1 N–H and O–H groups in total. The molecule has 0 aliphatic rings. The van der Waals surface area contributed by atoms with Gasteiger partial charge in [-0.2, -0.15) is 10.5 Å². The zero-order valence-corrected chi connectivity index (χ0v) is 11.1. The van der Waals surface area contributed by atoms with Gasteiger partial charge in [0.2, 0.25) is 0 Å². The molecule has 0 saturated heterocycles. The quantitative estimate of drug-likeness (QED) is 0.932. The van der Waals surface area contributed by atoms with Gasteiger partial charge in [-0.1, -0.05) is 23.7 Å². The van der Waals surface area contributed by atoms with Gasteiger partial charge in [0.25, 0.3) is 0 Å². The molecule has 5 heteroatoms. The van der Waals surface area contributed by atoms with E-state index in [9.17, 15) is 4.39 Å². The van der Waals surface area contributed by atoms with Crippen LogP contribution in [-0.2, 0) is 6.54 Å². The standard InChI is InChI=1S/C15H9ClFN3/c16-13-6-10(7-18)4-5-14(13)20-9-12-3-1-2-11(8-19)15(12)17/h1-6,20H,9H2. The zero-order chi connectivity index (χ0) is 14.5. The van der Waals surface area contributed by atoms with Crippen molar-refractivity contribution >= 4 is 17.3 Å². The molecule has 20 heavy (non-hydrogen) atoms. The molecule has 2 aromatic rings. The second kappa shape index (κ2) is 6.06. The first-order chi connectivity index (χ1) is 9.65. The molecule has 0 aliphatic carbocycles. The summed E-state index contributed by atoms with van der Waals surface area (Å²) < 4.78 is 13.9. The van der Waals surface area contributed by atoms with Gasteiger partial charge in [0.05, 0.1) is 27.9 Å². The van der Waals surface area contributed by atoms with Crippen LogP contribution in [0.4, 0.5) is 10.1 Å². The molecule has 3 nitrogen and oxygen atoms in total. The number of hydrogen-bond donors (Lipinski definition) is 1. The SMILES string of the molecule is N#Cc1ccc(NCc2cccc(C#N)c2F)c(Cl)c1. The van der Waals surface area contributed by atoms with E-state index in [0.29, 0.717) is 21.8 Å². The summed E-state index contributed by atoms with van der Waals surface area (Å²) in [7, 11) is 0. The lowest BCUT2D eigenvalue weighted by atomic mass is 10.1. The number of hydrogen-bond acceptors (Lipinski definition) is 3. The molecule has 0 radical (unpaired) electrons. The van der Waals surface area contributed by atoms with Crippen LogP contribution in [-0.4, -0.2) is 0 Å². The average Bonchev–Trinajstić information content (AvgIpc) is 2.47. The summed E-state index contributed by atoms with van der Waals surface area (Å²) in [5.74, 6) is -0.535. The van der Waals surface area contributed by atoms with Crippen LogP contribution in [0.15, 0.2) is 36.4 Å². The van der Waals surface area contributed by atoms with E-state index in [1.165, 1.54) is 12.1 Å². The van der Waals surface area contributed by atoms with Gasteiger partial charge in [0.1, 0.15) is 11.9 Å². The van der Waals surface area contributed by atoms with Crippen molar-refractivity contribution in [2.45, 2.75) is 6.54 Å². The molecule has 0 heterocycles. The fraction of sp³-hybridized carbons (Fsp3) is 0.0667. The van der Waals surface area contributed by atoms with Crippen molar-refractivity contribution in [2.24, 2.45) is 0 Å². The van der Waals surface area contributed by atoms with E-state index in [1.54, 1.807) is 30.3 Å². The van der Waals surface area contributed by atoms with Crippen molar-refractivity contribution in [3.8, 4) is 12.1 Å². The smallest absolute Gasteiger partial charge is 0.145 e. The fourth-order valence-corrected chi connectivity index (χ4v) is 1.97. The summed E-state index contributed by atoms with van der Waals surface area (Å²) in [5.41, 5.74) is 1.45. The predicted molar refractivity (Wildman–Crippen MR) is 74.6 cm³/mol. The third-order valence-corrected chi connectivity index (χ3v) is 3.08. The van der Waals surface area contributed by atoms with E-state index in [2.05, 4.69) is 5.32 Å². The highest BCUT2D eigenvalue weighted by atomic mass is 35.5. The molecule has 0 saturated carbocycles. The number of nitrogens with one attached hydrogen (secondary N) is 1. The summed E-state index contributed by atoms with van der Waals surface area (Å²) >= 11 is 6.01. The summed E-state index contributed by atoms with van der Waals surface area (Å²) in [6.45, 7) is 0.201. The first-order valence-electron chi connectivity index (χ1n) is 5.76. The second-order valence-corrected chi connectivity index (χ2v) is 4.46. The minimum Gasteiger partial charge on any atom is -0.380 e. The van der Waals surface area contributed by atoms with Crippen molar-refractivity contribution in [1.29, 1.82) is 10.5 Å². The van der Waals surface area contributed by atoms with Gasteiger partial charge in [-0.05, 0) is 24.3 Å². The molecule has 0 aromatic heterocycles. The van der Waals surface area contributed by atoms with Crippen LogP contribution in [0.3, 0.4) is 0 Å². The Morgan fingerprint density at radius 1 is 1.15 bits per heavy atom. The van der Waals surface area contributed by atoms with Crippen molar-refractivity contribution in [3.63, 3.8) is 0 Å².